The number of benzene rings is 1. The van der Waals surface area contributed by atoms with E-state index in [1.54, 1.807) is 0 Å². The third kappa shape index (κ3) is 8.65. The summed E-state index contributed by atoms with van der Waals surface area (Å²) in [6, 6.07) is 11.2. The van der Waals surface area contributed by atoms with Gasteiger partial charge < -0.3 is 13.3 Å². The fourth-order valence-corrected chi connectivity index (χ4v) is 5.17. The second-order valence-electron chi connectivity index (χ2n) is 5.95. The van der Waals surface area contributed by atoms with E-state index in [2.05, 4.69) is 45.0 Å². The van der Waals surface area contributed by atoms with Crippen LogP contribution >= 0.6 is 0 Å². The summed E-state index contributed by atoms with van der Waals surface area (Å²) in [5.74, 6) is 0. The molecule has 3 nitrogen and oxygen atoms in total. The van der Waals surface area contributed by atoms with Gasteiger partial charge in [0.05, 0.1) is 0 Å². The average molecular weight is 339 g/mol. The molecule has 1 rings (SSSR count). The van der Waals surface area contributed by atoms with Gasteiger partial charge in [-0.2, -0.15) is 0 Å². The van der Waals surface area contributed by atoms with Crippen LogP contribution in [-0.2, 0) is 19.3 Å². The minimum atomic E-state index is -2.64. The third-order valence-corrected chi connectivity index (χ3v) is 6.41. The highest BCUT2D eigenvalue weighted by Gasteiger charge is 2.41. The smallest absolute Gasteiger partial charge is 0.373 e. The molecular formula is C19H34O3Si. The monoisotopic (exact) mass is 338 g/mol. The molecule has 0 saturated carbocycles. The molecule has 0 aliphatic heterocycles. The van der Waals surface area contributed by atoms with E-state index in [1.807, 2.05) is 6.07 Å². The Morgan fingerprint density at radius 3 is 1.87 bits per heavy atom. The predicted molar refractivity (Wildman–Crippen MR) is 98.5 cm³/mol. The van der Waals surface area contributed by atoms with Crippen molar-refractivity contribution < 1.29 is 13.3 Å². The van der Waals surface area contributed by atoms with Crippen LogP contribution in [-0.4, -0.2) is 28.6 Å². The molecular weight excluding hydrogens is 304 g/mol. The van der Waals surface area contributed by atoms with Crippen molar-refractivity contribution in [2.45, 2.75) is 65.3 Å². The van der Waals surface area contributed by atoms with Gasteiger partial charge in [0.25, 0.3) is 0 Å². The molecule has 0 atom stereocenters. The lowest BCUT2D eigenvalue weighted by molar-refractivity contribution is 0.0570. The predicted octanol–water partition coefficient (Wildman–Crippen LogP) is 5.16. The lowest BCUT2D eigenvalue weighted by Crippen LogP contribution is -2.49. The normalized spacial score (nSPS) is 11.8. The highest BCUT2D eigenvalue weighted by Crippen LogP contribution is 2.19. The van der Waals surface area contributed by atoms with E-state index in [0.29, 0.717) is 13.2 Å². The molecule has 1 aromatic carbocycles. The molecule has 0 unspecified atom stereocenters. The van der Waals surface area contributed by atoms with Crippen molar-refractivity contribution in [3.05, 3.63) is 35.9 Å². The first-order valence-corrected chi connectivity index (χ1v) is 11.1. The van der Waals surface area contributed by atoms with Crippen molar-refractivity contribution in [2.24, 2.45) is 0 Å². The van der Waals surface area contributed by atoms with Gasteiger partial charge in [0.2, 0.25) is 0 Å². The van der Waals surface area contributed by atoms with Crippen molar-refractivity contribution in [3.8, 4) is 0 Å². The van der Waals surface area contributed by atoms with Gasteiger partial charge in [0, 0.05) is 25.9 Å². The van der Waals surface area contributed by atoms with Crippen LogP contribution in [0.25, 0.3) is 0 Å². The summed E-state index contributed by atoms with van der Waals surface area (Å²) in [6.07, 6.45) is 6.78. The van der Waals surface area contributed by atoms with Crippen LogP contribution in [0.2, 0.25) is 0 Å². The summed E-state index contributed by atoms with van der Waals surface area (Å²) in [4.78, 5) is 0. The van der Waals surface area contributed by atoms with Gasteiger partial charge in [0.15, 0.2) is 0 Å². The van der Waals surface area contributed by atoms with E-state index in [1.165, 1.54) is 24.8 Å². The minimum absolute atomic E-state index is 0.706. The zero-order valence-corrected chi connectivity index (χ0v) is 16.2. The SMILES string of the molecule is CCCCCCO[Si](Cc1ccccc1)(OCCC)OCCC. The fraction of sp³-hybridized carbons (Fsp3) is 0.684. The molecule has 0 aliphatic carbocycles. The van der Waals surface area contributed by atoms with Gasteiger partial charge in [0.1, 0.15) is 0 Å². The van der Waals surface area contributed by atoms with Crippen molar-refractivity contribution in [3.63, 3.8) is 0 Å². The number of hydrogen-bond donors (Lipinski definition) is 0. The highest BCUT2D eigenvalue weighted by molar-refractivity contribution is 6.60. The second kappa shape index (κ2) is 12.7. The third-order valence-electron chi connectivity index (χ3n) is 3.64. The Morgan fingerprint density at radius 2 is 1.30 bits per heavy atom. The first-order valence-electron chi connectivity index (χ1n) is 9.22. The van der Waals surface area contributed by atoms with Crippen molar-refractivity contribution in [1.82, 2.24) is 0 Å². The topological polar surface area (TPSA) is 27.7 Å². The zero-order chi connectivity index (χ0) is 16.8. The van der Waals surface area contributed by atoms with Crippen molar-refractivity contribution in [2.75, 3.05) is 19.8 Å². The van der Waals surface area contributed by atoms with Gasteiger partial charge in [-0.1, -0.05) is 70.4 Å². The number of rotatable bonds is 14. The minimum Gasteiger partial charge on any atom is -0.373 e. The van der Waals surface area contributed by atoms with Crippen LogP contribution in [0.1, 0.15) is 64.9 Å². The molecule has 0 fully saturated rings. The maximum absolute atomic E-state index is 6.28. The molecule has 4 heteroatoms. The molecule has 0 radical (unpaired) electrons. The summed E-state index contributed by atoms with van der Waals surface area (Å²) in [5.41, 5.74) is 1.24. The van der Waals surface area contributed by atoms with Crippen LogP contribution < -0.4 is 0 Å². The Morgan fingerprint density at radius 1 is 0.696 bits per heavy atom. The average Bonchev–Trinajstić information content (AvgIpc) is 2.59. The first kappa shape index (κ1) is 20.4. The van der Waals surface area contributed by atoms with Crippen LogP contribution in [0.5, 0.6) is 0 Å². The van der Waals surface area contributed by atoms with Crippen molar-refractivity contribution >= 4 is 8.80 Å². The van der Waals surface area contributed by atoms with Gasteiger partial charge in [-0.25, -0.2) is 0 Å². The lowest BCUT2D eigenvalue weighted by atomic mass is 10.2. The van der Waals surface area contributed by atoms with E-state index < -0.39 is 8.80 Å². The summed E-state index contributed by atoms with van der Waals surface area (Å²) in [7, 11) is -2.64. The Bertz CT molecular complexity index is 375. The highest BCUT2D eigenvalue weighted by atomic mass is 28.4. The largest absolute Gasteiger partial charge is 0.505 e. The maximum Gasteiger partial charge on any atom is 0.505 e. The molecule has 0 heterocycles. The van der Waals surface area contributed by atoms with Gasteiger partial charge in [-0.15, -0.1) is 0 Å². The van der Waals surface area contributed by atoms with Gasteiger partial charge in [-0.05, 0) is 24.8 Å². The number of hydrogen-bond acceptors (Lipinski definition) is 3. The fourth-order valence-electron chi connectivity index (χ4n) is 2.40. The Kier molecular flexibility index (Phi) is 11.2. The Hall–Kier alpha value is -0.683. The standard InChI is InChI=1S/C19H34O3Si/c1-4-7-8-12-17-22-23(20-15-5-2,21-16-6-3)18-19-13-10-9-11-14-19/h9-11,13-14H,4-8,12,15-18H2,1-3H3. The first-order chi connectivity index (χ1) is 11.3. The Balaban J connectivity index is 2.71. The summed E-state index contributed by atoms with van der Waals surface area (Å²) in [5, 5.41) is 0. The quantitative estimate of drug-likeness (QED) is 0.346. The number of unbranched alkanes of at least 4 members (excludes halogenated alkanes) is 3. The summed E-state index contributed by atoms with van der Waals surface area (Å²) < 4.78 is 18.7. The molecule has 0 N–H and O–H groups in total. The zero-order valence-electron chi connectivity index (χ0n) is 15.2. The van der Waals surface area contributed by atoms with E-state index in [4.69, 9.17) is 13.3 Å². The van der Waals surface area contributed by atoms with E-state index in [9.17, 15) is 0 Å². The Labute approximate surface area is 143 Å². The summed E-state index contributed by atoms with van der Waals surface area (Å²) >= 11 is 0. The van der Waals surface area contributed by atoms with Gasteiger partial charge >= 0.3 is 8.80 Å². The van der Waals surface area contributed by atoms with Gasteiger partial charge in [-0.3, -0.25) is 0 Å². The maximum atomic E-state index is 6.28. The van der Waals surface area contributed by atoms with Crippen LogP contribution in [0.15, 0.2) is 30.3 Å². The molecule has 132 valence electrons. The molecule has 0 spiro atoms. The molecule has 0 amide bonds. The van der Waals surface area contributed by atoms with Crippen molar-refractivity contribution in [1.29, 1.82) is 0 Å². The molecule has 23 heavy (non-hydrogen) atoms. The molecule has 1 aromatic rings. The van der Waals surface area contributed by atoms with E-state index in [0.717, 1.165) is 31.9 Å². The summed E-state index contributed by atoms with van der Waals surface area (Å²) in [6.45, 7) is 8.64. The molecule has 0 aliphatic rings. The lowest BCUT2D eigenvalue weighted by Gasteiger charge is -2.30. The van der Waals surface area contributed by atoms with E-state index in [-0.39, 0.29) is 0 Å². The van der Waals surface area contributed by atoms with Crippen LogP contribution in [0, 0.1) is 0 Å². The van der Waals surface area contributed by atoms with E-state index >= 15 is 0 Å². The van der Waals surface area contributed by atoms with Crippen LogP contribution in [0.4, 0.5) is 0 Å². The second-order valence-corrected chi connectivity index (χ2v) is 8.54. The molecule has 0 saturated heterocycles. The molecule has 0 aromatic heterocycles. The molecule has 0 bridgehead atoms. The van der Waals surface area contributed by atoms with Crippen LogP contribution in [0.3, 0.4) is 0 Å².